The number of fused-ring (bicyclic) bond motifs is 1. The summed E-state index contributed by atoms with van der Waals surface area (Å²) in [5.41, 5.74) is 4.86. The molecule has 1 fully saturated rings. The van der Waals surface area contributed by atoms with Gasteiger partial charge in [-0.05, 0) is 57.5 Å². The molecule has 23 heavy (non-hydrogen) atoms. The van der Waals surface area contributed by atoms with E-state index < -0.39 is 0 Å². The number of hydrogen-bond acceptors (Lipinski definition) is 3. The standard InChI is InChI=1S/C18H23ClN4/c1-12-15(19)6-3-7-16(12)23-18-14(8-9-20-18)17(21-23)13-5-4-10-22(2)11-13/h3,6-7,13,20H,4-5,8-11H2,1-2H3. The molecule has 3 heterocycles. The number of nitrogens with zero attached hydrogens (tertiary/aromatic N) is 3. The molecule has 1 unspecified atom stereocenters. The Balaban J connectivity index is 1.80. The third-order valence-electron chi connectivity index (χ3n) is 5.16. The first-order valence-electron chi connectivity index (χ1n) is 8.45. The first kappa shape index (κ1) is 15.0. The van der Waals surface area contributed by atoms with Crippen molar-refractivity contribution in [3.8, 4) is 5.69 Å². The van der Waals surface area contributed by atoms with E-state index in [2.05, 4.69) is 34.9 Å². The minimum absolute atomic E-state index is 0.545. The summed E-state index contributed by atoms with van der Waals surface area (Å²) in [7, 11) is 2.21. The molecule has 2 aromatic rings. The zero-order valence-corrected chi connectivity index (χ0v) is 14.5. The molecule has 1 N–H and O–H groups in total. The third kappa shape index (κ3) is 2.54. The Hall–Kier alpha value is -1.52. The Morgan fingerprint density at radius 2 is 2.22 bits per heavy atom. The van der Waals surface area contributed by atoms with Gasteiger partial charge in [0.15, 0.2) is 0 Å². The van der Waals surface area contributed by atoms with Gasteiger partial charge in [-0.15, -0.1) is 0 Å². The minimum atomic E-state index is 0.545. The van der Waals surface area contributed by atoms with Gasteiger partial charge in [-0.2, -0.15) is 5.10 Å². The van der Waals surface area contributed by atoms with Gasteiger partial charge in [-0.25, -0.2) is 4.68 Å². The molecule has 1 aromatic heterocycles. The van der Waals surface area contributed by atoms with Gasteiger partial charge in [-0.3, -0.25) is 0 Å². The van der Waals surface area contributed by atoms with Crippen LogP contribution in [0.15, 0.2) is 18.2 Å². The number of halogens is 1. The van der Waals surface area contributed by atoms with E-state index in [-0.39, 0.29) is 0 Å². The van der Waals surface area contributed by atoms with Crippen molar-refractivity contribution in [3.05, 3.63) is 40.0 Å². The Kier molecular flexibility index (Phi) is 3.82. The molecule has 2 aliphatic heterocycles. The molecule has 0 amide bonds. The molecule has 122 valence electrons. The number of benzene rings is 1. The average Bonchev–Trinajstić information content (AvgIpc) is 3.12. The van der Waals surface area contributed by atoms with E-state index in [9.17, 15) is 0 Å². The van der Waals surface area contributed by atoms with Gasteiger partial charge in [0.25, 0.3) is 0 Å². The lowest BCUT2D eigenvalue weighted by Crippen LogP contribution is -2.31. The normalized spacial score (nSPS) is 21.3. The summed E-state index contributed by atoms with van der Waals surface area (Å²) in [5, 5.41) is 9.35. The smallest absolute Gasteiger partial charge is 0.133 e. The quantitative estimate of drug-likeness (QED) is 0.913. The number of anilines is 1. The molecule has 2 aliphatic rings. The van der Waals surface area contributed by atoms with Crippen LogP contribution in [-0.2, 0) is 6.42 Å². The van der Waals surface area contributed by atoms with Crippen molar-refractivity contribution in [3.63, 3.8) is 0 Å². The highest BCUT2D eigenvalue weighted by molar-refractivity contribution is 6.31. The number of piperidine rings is 1. The highest BCUT2D eigenvalue weighted by Gasteiger charge is 2.30. The second-order valence-corrected chi connectivity index (χ2v) is 7.19. The first-order valence-corrected chi connectivity index (χ1v) is 8.82. The van der Waals surface area contributed by atoms with E-state index in [1.54, 1.807) is 0 Å². The minimum Gasteiger partial charge on any atom is -0.369 e. The second-order valence-electron chi connectivity index (χ2n) is 6.79. The number of likely N-dealkylation sites (N-methyl/N-ethyl adjacent to an activating group) is 1. The van der Waals surface area contributed by atoms with Crippen molar-refractivity contribution < 1.29 is 0 Å². The lowest BCUT2D eigenvalue weighted by atomic mass is 9.92. The van der Waals surface area contributed by atoms with E-state index >= 15 is 0 Å². The summed E-state index contributed by atoms with van der Waals surface area (Å²) in [5.74, 6) is 1.71. The molecule has 1 atom stereocenters. The lowest BCUT2D eigenvalue weighted by Gasteiger charge is -2.29. The molecule has 5 heteroatoms. The third-order valence-corrected chi connectivity index (χ3v) is 5.57. The summed E-state index contributed by atoms with van der Waals surface area (Å²) in [6.45, 7) is 5.38. The Morgan fingerprint density at radius 3 is 3.04 bits per heavy atom. The fraction of sp³-hybridized carbons (Fsp3) is 0.500. The molecule has 0 saturated carbocycles. The summed E-state index contributed by atoms with van der Waals surface area (Å²) in [6, 6.07) is 6.04. The van der Waals surface area contributed by atoms with Crippen molar-refractivity contribution in [2.45, 2.75) is 32.1 Å². The average molecular weight is 331 g/mol. The van der Waals surface area contributed by atoms with Crippen LogP contribution in [-0.4, -0.2) is 41.4 Å². The van der Waals surface area contributed by atoms with Crippen LogP contribution in [0.5, 0.6) is 0 Å². The lowest BCUT2D eigenvalue weighted by molar-refractivity contribution is 0.247. The van der Waals surface area contributed by atoms with Gasteiger partial charge in [0.1, 0.15) is 5.82 Å². The van der Waals surface area contributed by atoms with Crippen molar-refractivity contribution in [2.24, 2.45) is 0 Å². The fourth-order valence-electron chi connectivity index (χ4n) is 3.92. The summed E-state index contributed by atoms with van der Waals surface area (Å²) < 4.78 is 2.08. The fourth-order valence-corrected chi connectivity index (χ4v) is 4.09. The van der Waals surface area contributed by atoms with Gasteiger partial charge >= 0.3 is 0 Å². The number of aromatic nitrogens is 2. The van der Waals surface area contributed by atoms with Crippen molar-refractivity contribution >= 4 is 17.4 Å². The summed E-state index contributed by atoms with van der Waals surface area (Å²) in [4.78, 5) is 2.42. The maximum Gasteiger partial charge on any atom is 0.133 e. The molecule has 1 aromatic carbocycles. The summed E-state index contributed by atoms with van der Waals surface area (Å²) >= 11 is 6.32. The van der Waals surface area contributed by atoms with Crippen LogP contribution in [0.4, 0.5) is 5.82 Å². The van der Waals surface area contributed by atoms with Gasteiger partial charge in [0.2, 0.25) is 0 Å². The van der Waals surface area contributed by atoms with Crippen LogP contribution in [0.25, 0.3) is 5.69 Å². The molecule has 4 rings (SSSR count). The van der Waals surface area contributed by atoms with E-state index in [1.807, 2.05) is 12.1 Å². The maximum atomic E-state index is 6.32. The van der Waals surface area contributed by atoms with Crippen LogP contribution in [0.3, 0.4) is 0 Å². The van der Waals surface area contributed by atoms with Crippen molar-refractivity contribution in [1.82, 2.24) is 14.7 Å². The highest BCUT2D eigenvalue weighted by atomic mass is 35.5. The molecule has 4 nitrogen and oxygen atoms in total. The molecule has 1 saturated heterocycles. The number of rotatable bonds is 2. The molecule has 0 radical (unpaired) electrons. The maximum absolute atomic E-state index is 6.32. The Morgan fingerprint density at radius 1 is 1.35 bits per heavy atom. The number of nitrogens with one attached hydrogen (secondary N) is 1. The largest absolute Gasteiger partial charge is 0.369 e. The highest BCUT2D eigenvalue weighted by Crippen LogP contribution is 2.37. The Bertz CT molecular complexity index is 737. The van der Waals surface area contributed by atoms with Gasteiger partial charge in [0.05, 0.1) is 11.4 Å². The Labute approximate surface area is 142 Å². The van der Waals surface area contributed by atoms with Gasteiger partial charge < -0.3 is 10.2 Å². The van der Waals surface area contributed by atoms with E-state index in [4.69, 9.17) is 16.7 Å². The van der Waals surface area contributed by atoms with E-state index in [1.165, 1.54) is 36.5 Å². The van der Waals surface area contributed by atoms with E-state index in [0.29, 0.717) is 5.92 Å². The van der Waals surface area contributed by atoms with Crippen molar-refractivity contribution in [2.75, 3.05) is 32.0 Å². The zero-order valence-electron chi connectivity index (χ0n) is 13.8. The van der Waals surface area contributed by atoms with Crippen LogP contribution >= 0.6 is 11.6 Å². The van der Waals surface area contributed by atoms with E-state index in [0.717, 1.165) is 35.8 Å². The predicted molar refractivity (Wildman–Crippen MR) is 95.0 cm³/mol. The molecule has 0 spiro atoms. The molecular formula is C18H23ClN4. The predicted octanol–water partition coefficient (Wildman–Crippen LogP) is 3.61. The second kappa shape index (κ2) is 5.84. The topological polar surface area (TPSA) is 33.1 Å². The molecular weight excluding hydrogens is 308 g/mol. The van der Waals surface area contributed by atoms with Crippen LogP contribution in [0.1, 0.15) is 35.6 Å². The van der Waals surface area contributed by atoms with Gasteiger partial charge in [0, 0.05) is 29.6 Å². The molecule has 0 bridgehead atoms. The van der Waals surface area contributed by atoms with Gasteiger partial charge in [-0.1, -0.05) is 17.7 Å². The van der Waals surface area contributed by atoms with Crippen LogP contribution in [0.2, 0.25) is 5.02 Å². The first-order chi connectivity index (χ1) is 11.1. The SMILES string of the molecule is Cc1c(Cl)cccc1-n1nc(C2CCCN(C)C2)c2c1NCC2. The number of likely N-dealkylation sites (tertiary alicyclic amines) is 1. The summed E-state index contributed by atoms with van der Waals surface area (Å²) in [6.07, 6.45) is 3.57. The number of hydrogen-bond donors (Lipinski definition) is 1. The molecule has 0 aliphatic carbocycles. The van der Waals surface area contributed by atoms with Crippen molar-refractivity contribution in [1.29, 1.82) is 0 Å². The van der Waals surface area contributed by atoms with Crippen LogP contribution < -0.4 is 5.32 Å². The van der Waals surface area contributed by atoms with Crippen LogP contribution in [0, 0.1) is 6.92 Å². The monoisotopic (exact) mass is 330 g/mol. The zero-order chi connectivity index (χ0) is 16.0.